The molecule has 0 bridgehead atoms. The molecule has 78 valence electrons. The van der Waals surface area contributed by atoms with Crippen LogP contribution in [0.5, 0.6) is 0 Å². The number of aliphatic imine (C=N–C) groups is 1. The smallest absolute Gasteiger partial charge is 0.191 e. The fourth-order valence-corrected chi connectivity index (χ4v) is 2.28. The lowest BCUT2D eigenvalue weighted by molar-refractivity contribution is 0.587. The van der Waals surface area contributed by atoms with E-state index in [1.807, 2.05) is 0 Å². The number of hydrogen-bond acceptors (Lipinski definition) is 3. The highest BCUT2D eigenvalue weighted by molar-refractivity contribution is 5.81. The molecule has 0 radical (unpaired) electrons. The van der Waals surface area contributed by atoms with E-state index in [1.165, 1.54) is 17.5 Å². The molecule has 0 saturated carbocycles. The van der Waals surface area contributed by atoms with Crippen molar-refractivity contribution in [1.29, 1.82) is 0 Å². The van der Waals surface area contributed by atoms with Gasteiger partial charge in [0.25, 0.3) is 0 Å². The van der Waals surface area contributed by atoms with Crippen molar-refractivity contribution < 1.29 is 0 Å². The van der Waals surface area contributed by atoms with Gasteiger partial charge in [0.2, 0.25) is 0 Å². The van der Waals surface area contributed by atoms with Gasteiger partial charge in [-0.1, -0.05) is 24.3 Å². The van der Waals surface area contributed by atoms with Gasteiger partial charge in [-0.25, -0.2) is 0 Å². The molecule has 0 saturated heterocycles. The van der Waals surface area contributed by atoms with E-state index in [9.17, 15) is 0 Å². The van der Waals surface area contributed by atoms with Crippen LogP contribution < -0.4 is 10.6 Å². The molecule has 1 unspecified atom stereocenters. The van der Waals surface area contributed by atoms with Crippen molar-refractivity contribution in [1.82, 2.24) is 10.6 Å². The maximum atomic E-state index is 4.32. The first-order valence-electron chi connectivity index (χ1n) is 5.53. The van der Waals surface area contributed by atoms with Gasteiger partial charge < -0.3 is 10.6 Å². The van der Waals surface area contributed by atoms with Crippen molar-refractivity contribution in [2.24, 2.45) is 4.99 Å². The summed E-state index contributed by atoms with van der Waals surface area (Å²) in [7, 11) is 0. The summed E-state index contributed by atoms with van der Waals surface area (Å²) in [4.78, 5) is 4.32. The minimum absolute atomic E-state index is 0.672. The van der Waals surface area contributed by atoms with Gasteiger partial charge >= 0.3 is 0 Å². The molecule has 1 aliphatic carbocycles. The molecule has 1 aromatic rings. The molecule has 0 amide bonds. The highest BCUT2D eigenvalue weighted by Crippen LogP contribution is 2.33. The number of nitrogens with one attached hydrogen (secondary N) is 2. The van der Waals surface area contributed by atoms with Gasteiger partial charge in [-0.3, -0.25) is 4.99 Å². The fourth-order valence-electron chi connectivity index (χ4n) is 2.28. The fraction of sp³-hybridized carbons (Fsp3) is 0.417. The number of rotatable bonds is 2. The van der Waals surface area contributed by atoms with Crippen LogP contribution in [0.15, 0.2) is 29.3 Å². The number of nitrogens with zero attached hydrogens (tertiary/aromatic N) is 1. The van der Waals surface area contributed by atoms with E-state index < -0.39 is 0 Å². The maximum absolute atomic E-state index is 4.32. The van der Waals surface area contributed by atoms with E-state index in [4.69, 9.17) is 0 Å². The van der Waals surface area contributed by atoms with Crippen molar-refractivity contribution in [2.75, 3.05) is 19.6 Å². The van der Waals surface area contributed by atoms with E-state index >= 15 is 0 Å². The van der Waals surface area contributed by atoms with Crippen molar-refractivity contribution >= 4 is 5.96 Å². The van der Waals surface area contributed by atoms with Gasteiger partial charge in [0.15, 0.2) is 5.96 Å². The molecular weight excluding hydrogens is 186 g/mol. The van der Waals surface area contributed by atoms with E-state index in [0.717, 1.165) is 25.6 Å². The highest BCUT2D eigenvalue weighted by Gasteiger charge is 2.25. The van der Waals surface area contributed by atoms with E-state index in [-0.39, 0.29) is 0 Å². The summed E-state index contributed by atoms with van der Waals surface area (Å²) in [6.45, 7) is 2.88. The van der Waals surface area contributed by atoms with Crippen LogP contribution in [0.2, 0.25) is 0 Å². The zero-order chi connectivity index (χ0) is 10.1. The first kappa shape index (κ1) is 8.77. The quantitative estimate of drug-likeness (QED) is 0.745. The Hall–Kier alpha value is -1.51. The molecule has 2 N–H and O–H groups in total. The van der Waals surface area contributed by atoms with Gasteiger partial charge in [0, 0.05) is 19.0 Å². The van der Waals surface area contributed by atoms with Gasteiger partial charge in [-0.05, 0) is 17.5 Å². The number of fused-ring (bicyclic) bond motifs is 1. The standard InChI is InChI=1S/C12H15N3/c1-2-4-11-9(3-1)7-10(11)8-15-12-13-5-6-14-12/h1-4,10H,5-8H2,(H2,13,14,15). The van der Waals surface area contributed by atoms with Gasteiger partial charge in [0.05, 0.1) is 6.54 Å². The maximum Gasteiger partial charge on any atom is 0.191 e. The van der Waals surface area contributed by atoms with Gasteiger partial charge in [-0.15, -0.1) is 0 Å². The van der Waals surface area contributed by atoms with Crippen LogP contribution in [-0.2, 0) is 6.42 Å². The van der Waals surface area contributed by atoms with Crippen LogP contribution in [-0.4, -0.2) is 25.6 Å². The Labute approximate surface area is 89.6 Å². The SMILES string of the molecule is c1ccc2c(c1)CC2CNC1=NCCN1. The van der Waals surface area contributed by atoms with Crippen LogP contribution in [0.25, 0.3) is 0 Å². The Morgan fingerprint density at radius 2 is 2.33 bits per heavy atom. The Bertz CT molecular complexity index is 398. The lowest BCUT2D eigenvalue weighted by atomic mass is 9.78. The average Bonchev–Trinajstić information content (AvgIpc) is 2.72. The lowest BCUT2D eigenvalue weighted by Gasteiger charge is -2.30. The Morgan fingerprint density at radius 3 is 3.13 bits per heavy atom. The minimum Gasteiger partial charge on any atom is -0.356 e. The second-order valence-electron chi connectivity index (χ2n) is 4.14. The number of benzene rings is 1. The van der Waals surface area contributed by atoms with Crippen molar-refractivity contribution in [3.8, 4) is 0 Å². The normalized spacial score (nSPS) is 22.4. The molecule has 0 aromatic heterocycles. The molecule has 1 aromatic carbocycles. The molecule has 1 atom stereocenters. The van der Waals surface area contributed by atoms with Crippen molar-refractivity contribution in [3.05, 3.63) is 35.4 Å². The second-order valence-corrected chi connectivity index (χ2v) is 4.14. The lowest BCUT2D eigenvalue weighted by Crippen LogP contribution is -2.38. The van der Waals surface area contributed by atoms with Crippen molar-refractivity contribution in [2.45, 2.75) is 12.3 Å². The predicted octanol–water partition coefficient (Wildman–Crippen LogP) is 0.875. The van der Waals surface area contributed by atoms with E-state index in [1.54, 1.807) is 0 Å². The zero-order valence-electron chi connectivity index (χ0n) is 8.66. The molecule has 3 rings (SSSR count). The molecule has 2 aliphatic rings. The largest absolute Gasteiger partial charge is 0.356 e. The van der Waals surface area contributed by atoms with Crippen LogP contribution in [0, 0.1) is 0 Å². The first-order chi connectivity index (χ1) is 7.43. The third-order valence-corrected chi connectivity index (χ3v) is 3.15. The Morgan fingerprint density at radius 1 is 1.40 bits per heavy atom. The van der Waals surface area contributed by atoms with Crippen molar-refractivity contribution in [3.63, 3.8) is 0 Å². The summed E-state index contributed by atoms with van der Waals surface area (Å²) in [5.41, 5.74) is 3.01. The summed E-state index contributed by atoms with van der Waals surface area (Å²) in [6, 6.07) is 8.69. The predicted molar refractivity (Wildman–Crippen MR) is 61.2 cm³/mol. The third kappa shape index (κ3) is 1.58. The van der Waals surface area contributed by atoms with Gasteiger partial charge in [0.1, 0.15) is 0 Å². The molecule has 3 nitrogen and oxygen atoms in total. The molecule has 15 heavy (non-hydrogen) atoms. The zero-order valence-corrected chi connectivity index (χ0v) is 8.66. The Balaban J connectivity index is 1.59. The molecule has 0 spiro atoms. The molecule has 1 aliphatic heterocycles. The van der Waals surface area contributed by atoms with Crippen LogP contribution in [0.3, 0.4) is 0 Å². The van der Waals surface area contributed by atoms with Crippen LogP contribution in [0.4, 0.5) is 0 Å². The topological polar surface area (TPSA) is 36.4 Å². The summed E-state index contributed by atoms with van der Waals surface area (Å²) in [6.07, 6.45) is 1.20. The third-order valence-electron chi connectivity index (χ3n) is 3.15. The highest BCUT2D eigenvalue weighted by atomic mass is 15.2. The molecular formula is C12H15N3. The second kappa shape index (κ2) is 3.57. The summed E-state index contributed by atoms with van der Waals surface area (Å²) >= 11 is 0. The number of hydrogen-bond donors (Lipinski definition) is 2. The van der Waals surface area contributed by atoms with E-state index in [0.29, 0.717) is 5.92 Å². The summed E-state index contributed by atoms with van der Waals surface area (Å²) in [5, 5.41) is 6.59. The summed E-state index contributed by atoms with van der Waals surface area (Å²) in [5.74, 6) is 1.64. The average molecular weight is 201 g/mol. The molecule has 3 heteroatoms. The first-order valence-corrected chi connectivity index (χ1v) is 5.53. The van der Waals surface area contributed by atoms with Crippen LogP contribution >= 0.6 is 0 Å². The summed E-state index contributed by atoms with van der Waals surface area (Å²) < 4.78 is 0. The monoisotopic (exact) mass is 201 g/mol. The Kier molecular flexibility index (Phi) is 2.09. The minimum atomic E-state index is 0.672. The van der Waals surface area contributed by atoms with Crippen LogP contribution in [0.1, 0.15) is 17.0 Å². The molecule has 0 fully saturated rings. The molecule has 1 heterocycles. The van der Waals surface area contributed by atoms with Gasteiger partial charge in [-0.2, -0.15) is 0 Å². The number of guanidine groups is 1. The van der Waals surface area contributed by atoms with E-state index in [2.05, 4.69) is 39.9 Å².